The number of ether oxygens (including phenoxy) is 1. The molecule has 0 aliphatic rings. The third-order valence-electron chi connectivity index (χ3n) is 2.88. The Labute approximate surface area is 130 Å². The molecule has 2 aromatic heterocycles. The Hall–Kier alpha value is -2.67. The van der Waals surface area contributed by atoms with E-state index in [1.165, 1.54) is 11.3 Å². The molecule has 6 nitrogen and oxygen atoms in total. The molecule has 2 N–H and O–H groups in total. The number of aromatic amines is 1. The first-order valence-electron chi connectivity index (χ1n) is 6.77. The van der Waals surface area contributed by atoms with Crippen molar-refractivity contribution in [1.82, 2.24) is 15.2 Å². The van der Waals surface area contributed by atoms with Crippen molar-refractivity contribution in [3.05, 3.63) is 52.1 Å². The molecule has 22 heavy (non-hydrogen) atoms. The highest BCUT2D eigenvalue weighted by Gasteiger charge is 2.08. The average molecular weight is 314 g/mol. The summed E-state index contributed by atoms with van der Waals surface area (Å²) in [6.45, 7) is 2.55. The van der Waals surface area contributed by atoms with Crippen LogP contribution in [-0.4, -0.2) is 21.8 Å². The van der Waals surface area contributed by atoms with Crippen LogP contribution < -0.4 is 15.6 Å². The van der Waals surface area contributed by atoms with E-state index in [9.17, 15) is 4.79 Å². The topological polar surface area (TPSA) is 79.9 Å². The van der Waals surface area contributed by atoms with Crippen LogP contribution in [0.4, 0.5) is 11.6 Å². The van der Waals surface area contributed by atoms with Crippen LogP contribution in [0, 0.1) is 0 Å². The van der Waals surface area contributed by atoms with E-state index in [2.05, 4.69) is 20.5 Å². The standard InChI is InChI=1S/C15H14N4O2S/c1-2-21-11-7-5-10(6-8-11)16-15-17-14(20)13(18-19-15)12-4-3-9-22-12/h3-9H,2H2,1H3,(H2,16,17,19,20). The third-order valence-corrected chi connectivity index (χ3v) is 3.76. The summed E-state index contributed by atoms with van der Waals surface area (Å²) in [5.41, 5.74) is 0.843. The number of benzene rings is 1. The van der Waals surface area contributed by atoms with Gasteiger partial charge in [-0.25, -0.2) is 0 Å². The smallest absolute Gasteiger partial charge is 0.280 e. The van der Waals surface area contributed by atoms with Gasteiger partial charge >= 0.3 is 0 Å². The number of anilines is 2. The summed E-state index contributed by atoms with van der Waals surface area (Å²) in [6, 6.07) is 11.1. The summed E-state index contributed by atoms with van der Waals surface area (Å²) in [5, 5.41) is 12.9. The van der Waals surface area contributed by atoms with Gasteiger partial charge in [-0.2, -0.15) is 0 Å². The second-order valence-corrected chi connectivity index (χ2v) is 5.36. The minimum absolute atomic E-state index is 0.272. The summed E-state index contributed by atoms with van der Waals surface area (Å²) in [4.78, 5) is 15.5. The monoisotopic (exact) mass is 314 g/mol. The number of hydrogen-bond acceptors (Lipinski definition) is 6. The van der Waals surface area contributed by atoms with E-state index in [-0.39, 0.29) is 5.56 Å². The van der Waals surface area contributed by atoms with Crippen LogP contribution in [0.5, 0.6) is 5.75 Å². The molecule has 2 heterocycles. The van der Waals surface area contributed by atoms with Crippen LogP contribution in [0.1, 0.15) is 6.92 Å². The molecule has 0 atom stereocenters. The molecule has 0 saturated heterocycles. The van der Waals surface area contributed by atoms with Crippen molar-refractivity contribution in [2.24, 2.45) is 0 Å². The lowest BCUT2D eigenvalue weighted by Crippen LogP contribution is -2.15. The molecular weight excluding hydrogens is 300 g/mol. The van der Waals surface area contributed by atoms with Crippen molar-refractivity contribution in [3.8, 4) is 16.3 Å². The molecule has 7 heteroatoms. The minimum atomic E-state index is -0.272. The molecule has 112 valence electrons. The Balaban J connectivity index is 1.78. The number of nitrogens with one attached hydrogen (secondary N) is 2. The molecule has 1 aromatic carbocycles. The fourth-order valence-corrected chi connectivity index (χ4v) is 2.61. The highest BCUT2D eigenvalue weighted by molar-refractivity contribution is 7.13. The van der Waals surface area contributed by atoms with E-state index in [0.29, 0.717) is 18.2 Å². The highest BCUT2D eigenvalue weighted by atomic mass is 32.1. The zero-order valence-corrected chi connectivity index (χ0v) is 12.7. The van der Waals surface area contributed by atoms with Gasteiger partial charge in [0.1, 0.15) is 5.75 Å². The molecule has 0 unspecified atom stereocenters. The fourth-order valence-electron chi connectivity index (χ4n) is 1.91. The van der Waals surface area contributed by atoms with E-state index >= 15 is 0 Å². The quantitative estimate of drug-likeness (QED) is 0.756. The average Bonchev–Trinajstić information content (AvgIpc) is 3.04. The third kappa shape index (κ3) is 3.15. The molecule has 0 aliphatic carbocycles. The molecule has 0 aliphatic heterocycles. The Bertz CT molecular complexity index is 797. The lowest BCUT2D eigenvalue weighted by Gasteiger charge is -2.07. The van der Waals surface area contributed by atoms with E-state index in [4.69, 9.17) is 4.74 Å². The summed E-state index contributed by atoms with van der Waals surface area (Å²) < 4.78 is 5.37. The minimum Gasteiger partial charge on any atom is -0.494 e. The maximum absolute atomic E-state index is 12.1. The lowest BCUT2D eigenvalue weighted by atomic mass is 10.3. The van der Waals surface area contributed by atoms with Gasteiger partial charge in [-0.15, -0.1) is 21.5 Å². The van der Waals surface area contributed by atoms with E-state index in [1.807, 2.05) is 48.7 Å². The van der Waals surface area contributed by atoms with Crippen LogP contribution in [0.25, 0.3) is 10.6 Å². The van der Waals surface area contributed by atoms with E-state index in [0.717, 1.165) is 16.3 Å². The van der Waals surface area contributed by atoms with Crippen molar-refractivity contribution < 1.29 is 4.74 Å². The van der Waals surface area contributed by atoms with Crippen LogP contribution in [-0.2, 0) is 0 Å². The van der Waals surface area contributed by atoms with Gasteiger partial charge in [-0.1, -0.05) is 6.07 Å². The Morgan fingerprint density at radius 3 is 2.68 bits per heavy atom. The maximum atomic E-state index is 12.1. The molecular formula is C15H14N4O2S. The number of thiophene rings is 1. The molecule has 0 saturated carbocycles. The second kappa shape index (κ2) is 6.40. The first kappa shape index (κ1) is 14.3. The SMILES string of the molecule is CCOc1ccc(Nc2nnc(-c3cccs3)c(=O)[nH]2)cc1. The van der Waals surface area contributed by atoms with Crippen molar-refractivity contribution in [2.45, 2.75) is 6.92 Å². The zero-order chi connectivity index (χ0) is 15.4. The van der Waals surface area contributed by atoms with Crippen molar-refractivity contribution >= 4 is 23.0 Å². The largest absolute Gasteiger partial charge is 0.494 e. The second-order valence-electron chi connectivity index (χ2n) is 4.41. The first-order valence-corrected chi connectivity index (χ1v) is 7.65. The molecule has 0 bridgehead atoms. The Morgan fingerprint density at radius 1 is 1.23 bits per heavy atom. The number of aromatic nitrogens is 3. The summed E-state index contributed by atoms with van der Waals surface area (Å²) in [6.07, 6.45) is 0. The molecule has 0 radical (unpaired) electrons. The molecule has 3 rings (SSSR count). The van der Waals surface area contributed by atoms with Crippen molar-refractivity contribution in [1.29, 1.82) is 0 Å². The highest BCUT2D eigenvalue weighted by Crippen LogP contribution is 2.20. The number of nitrogens with zero attached hydrogens (tertiary/aromatic N) is 2. The van der Waals surface area contributed by atoms with Gasteiger partial charge in [0.05, 0.1) is 11.5 Å². The maximum Gasteiger partial charge on any atom is 0.280 e. The van der Waals surface area contributed by atoms with E-state index < -0.39 is 0 Å². The van der Waals surface area contributed by atoms with Gasteiger partial charge in [0, 0.05) is 5.69 Å². The lowest BCUT2D eigenvalue weighted by molar-refractivity contribution is 0.340. The molecule has 3 aromatic rings. The van der Waals surface area contributed by atoms with Gasteiger partial charge in [0.25, 0.3) is 5.56 Å². The number of hydrogen-bond donors (Lipinski definition) is 2. The van der Waals surface area contributed by atoms with Crippen LogP contribution >= 0.6 is 11.3 Å². The number of rotatable bonds is 5. The zero-order valence-electron chi connectivity index (χ0n) is 11.9. The van der Waals surface area contributed by atoms with E-state index in [1.54, 1.807) is 0 Å². The molecule has 0 amide bonds. The van der Waals surface area contributed by atoms with Crippen molar-refractivity contribution in [2.75, 3.05) is 11.9 Å². The van der Waals surface area contributed by atoms with Crippen LogP contribution in [0.3, 0.4) is 0 Å². The predicted octanol–water partition coefficient (Wildman–Crippen LogP) is 3.04. The normalized spacial score (nSPS) is 10.4. The van der Waals surface area contributed by atoms with Crippen molar-refractivity contribution in [3.63, 3.8) is 0 Å². The Kier molecular flexibility index (Phi) is 4.15. The van der Waals surface area contributed by atoms with Gasteiger partial charge < -0.3 is 10.1 Å². The first-order chi connectivity index (χ1) is 10.8. The fraction of sp³-hybridized carbons (Fsp3) is 0.133. The molecule has 0 fully saturated rings. The predicted molar refractivity (Wildman–Crippen MR) is 86.9 cm³/mol. The van der Waals surface area contributed by atoms with Gasteiger partial charge in [0.15, 0.2) is 5.69 Å². The summed E-state index contributed by atoms with van der Waals surface area (Å²) >= 11 is 1.45. The Morgan fingerprint density at radius 2 is 2.05 bits per heavy atom. The van der Waals surface area contributed by atoms with Gasteiger partial charge in [0.2, 0.25) is 5.95 Å². The van der Waals surface area contributed by atoms with Crippen LogP contribution in [0.15, 0.2) is 46.6 Å². The number of H-pyrrole nitrogens is 1. The van der Waals surface area contributed by atoms with Gasteiger partial charge in [-0.05, 0) is 42.6 Å². The van der Waals surface area contributed by atoms with Crippen LogP contribution in [0.2, 0.25) is 0 Å². The van der Waals surface area contributed by atoms with Gasteiger partial charge in [-0.3, -0.25) is 9.78 Å². The summed E-state index contributed by atoms with van der Waals surface area (Å²) in [5.74, 6) is 1.09. The summed E-state index contributed by atoms with van der Waals surface area (Å²) in [7, 11) is 0. The molecule has 0 spiro atoms.